The molecule has 0 aromatic rings. The fourth-order valence-corrected chi connectivity index (χ4v) is 5.74. The van der Waals surface area contributed by atoms with Crippen LogP contribution >= 0.6 is 0 Å². The Morgan fingerprint density at radius 3 is 0.558 bits per heavy atom. The minimum absolute atomic E-state index is 0.640. The minimum Gasteiger partial charge on any atom is -0.379 e. The van der Waals surface area contributed by atoms with Crippen LogP contribution in [0.25, 0.3) is 0 Å². The predicted molar refractivity (Wildman–Crippen MR) is 189 cm³/mol. The second-order valence-corrected chi connectivity index (χ2v) is 13.0. The third-order valence-corrected chi connectivity index (χ3v) is 8.65. The molecule has 0 aliphatic heterocycles. The molecular formula is C39H80O4. The molecule has 0 bridgehead atoms. The lowest BCUT2D eigenvalue weighted by Gasteiger charge is -2.08. The fraction of sp³-hybridized carbons (Fsp3) is 1.00. The summed E-state index contributed by atoms with van der Waals surface area (Å²) in [5.74, 6) is 0. The molecule has 0 unspecified atom stereocenters. The molecule has 260 valence electrons. The molecule has 0 atom stereocenters. The summed E-state index contributed by atoms with van der Waals surface area (Å²) in [6, 6.07) is 0. The Labute approximate surface area is 271 Å². The highest BCUT2D eigenvalue weighted by molar-refractivity contribution is 4.51. The van der Waals surface area contributed by atoms with E-state index in [1.165, 1.54) is 186 Å². The van der Waals surface area contributed by atoms with Gasteiger partial charge in [0.05, 0.1) is 39.6 Å². The van der Waals surface area contributed by atoms with Crippen LogP contribution in [-0.2, 0) is 18.9 Å². The Bertz CT molecular complexity index is 419. The van der Waals surface area contributed by atoms with Crippen molar-refractivity contribution in [2.24, 2.45) is 0 Å². The lowest BCUT2D eigenvalue weighted by Crippen LogP contribution is -2.12. The van der Waals surface area contributed by atoms with Crippen LogP contribution in [0.1, 0.15) is 200 Å². The highest BCUT2D eigenvalue weighted by atomic mass is 16.6. The summed E-state index contributed by atoms with van der Waals surface area (Å²) < 4.78 is 22.6. The summed E-state index contributed by atoms with van der Waals surface area (Å²) in [6.45, 7) is 10.3. The third-order valence-electron chi connectivity index (χ3n) is 8.65. The Kier molecular flexibility index (Phi) is 41.7. The smallest absolute Gasteiger partial charge is 0.0701 e. The van der Waals surface area contributed by atoms with Crippen molar-refractivity contribution in [1.82, 2.24) is 0 Å². The first-order chi connectivity index (χ1) is 21.4. The van der Waals surface area contributed by atoms with Crippen LogP contribution in [-0.4, -0.2) is 52.9 Å². The highest BCUT2D eigenvalue weighted by Crippen LogP contribution is 2.14. The van der Waals surface area contributed by atoms with Crippen LogP contribution in [0.2, 0.25) is 0 Å². The summed E-state index contributed by atoms with van der Waals surface area (Å²) >= 11 is 0. The molecule has 43 heavy (non-hydrogen) atoms. The summed E-state index contributed by atoms with van der Waals surface area (Å²) in [5.41, 5.74) is 0. The van der Waals surface area contributed by atoms with Crippen LogP contribution in [0, 0.1) is 0 Å². The lowest BCUT2D eigenvalue weighted by molar-refractivity contribution is -0.00248. The maximum Gasteiger partial charge on any atom is 0.0701 e. The van der Waals surface area contributed by atoms with Crippen molar-refractivity contribution < 1.29 is 18.9 Å². The maximum atomic E-state index is 5.71. The number of hydrogen-bond donors (Lipinski definition) is 0. The third kappa shape index (κ3) is 41.8. The monoisotopic (exact) mass is 613 g/mol. The average molecular weight is 613 g/mol. The first-order valence-corrected chi connectivity index (χ1v) is 19.7. The number of unbranched alkanes of at least 4 members (excludes halogenated alkanes) is 27. The average Bonchev–Trinajstić information content (AvgIpc) is 3.02. The summed E-state index contributed by atoms with van der Waals surface area (Å²) in [4.78, 5) is 0. The number of hydrogen-bond acceptors (Lipinski definition) is 4. The van der Waals surface area contributed by atoms with Gasteiger partial charge in [0.2, 0.25) is 0 Å². The minimum atomic E-state index is 0.640. The van der Waals surface area contributed by atoms with E-state index in [1.807, 2.05) is 0 Å². The summed E-state index contributed by atoms with van der Waals surface area (Å²) in [5, 5.41) is 0. The second-order valence-electron chi connectivity index (χ2n) is 13.0. The van der Waals surface area contributed by atoms with Gasteiger partial charge in [-0.15, -0.1) is 0 Å². The van der Waals surface area contributed by atoms with Gasteiger partial charge in [0.25, 0.3) is 0 Å². The zero-order valence-corrected chi connectivity index (χ0v) is 29.8. The van der Waals surface area contributed by atoms with Gasteiger partial charge in [-0.1, -0.05) is 187 Å². The zero-order chi connectivity index (χ0) is 31.0. The van der Waals surface area contributed by atoms with Gasteiger partial charge in [0.15, 0.2) is 0 Å². The fourth-order valence-electron chi connectivity index (χ4n) is 5.74. The standard InChI is InChI=1S/C39H80O4/c1-3-5-7-9-11-13-15-17-18-19-21-23-25-27-29-31-33-41-35-37-43-39-38-42-36-34-40-32-30-28-26-24-22-20-16-14-12-10-8-6-4-2/h3-39H2,1-2H3. The van der Waals surface area contributed by atoms with Crippen LogP contribution in [0.5, 0.6) is 0 Å². The molecule has 0 aromatic heterocycles. The van der Waals surface area contributed by atoms with Crippen LogP contribution in [0.4, 0.5) is 0 Å². The van der Waals surface area contributed by atoms with Crippen LogP contribution in [0.3, 0.4) is 0 Å². The van der Waals surface area contributed by atoms with E-state index in [9.17, 15) is 0 Å². The quantitative estimate of drug-likeness (QED) is 0.0645. The highest BCUT2D eigenvalue weighted by Gasteiger charge is 1.97. The normalized spacial score (nSPS) is 11.6. The molecule has 0 saturated carbocycles. The van der Waals surface area contributed by atoms with Gasteiger partial charge in [-0.3, -0.25) is 0 Å². The van der Waals surface area contributed by atoms with Gasteiger partial charge in [-0.2, -0.15) is 0 Å². The van der Waals surface area contributed by atoms with E-state index in [1.54, 1.807) is 0 Å². The Hall–Kier alpha value is -0.160. The van der Waals surface area contributed by atoms with Gasteiger partial charge >= 0.3 is 0 Å². The Morgan fingerprint density at radius 2 is 0.349 bits per heavy atom. The molecule has 0 aliphatic carbocycles. The summed E-state index contributed by atoms with van der Waals surface area (Å²) in [7, 11) is 0. The van der Waals surface area contributed by atoms with E-state index in [2.05, 4.69) is 13.8 Å². The molecule has 0 aliphatic rings. The van der Waals surface area contributed by atoms with Crippen molar-refractivity contribution >= 4 is 0 Å². The van der Waals surface area contributed by atoms with Crippen molar-refractivity contribution in [3.8, 4) is 0 Å². The van der Waals surface area contributed by atoms with Gasteiger partial charge in [-0.05, 0) is 12.8 Å². The largest absolute Gasteiger partial charge is 0.379 e. The van der Waals surface area contributed by atoms with E-state index in [0.29, 0.717) is 39.6 Å². The van der Waals surface area contributed by atoms with Crippen molar-refractivity contribution in [2.75, 3.05) is 52.9 Å². The Balaban J connectivity index is 3.02. The number of rotatable bonds is 40. The molecule has 0 fully saturated rings. The van der Waals surface area contributed by atoms with Gasteiger partial charge in [0, 0.05) is 13.2 Å². The van der Waals surface area contributed by atoms with E-state index < -0.39 is 0 Å². The predicted octanol–water partition coefficient (Wildman–Crippen LogP) is 12.4. The molecule has 0 rings (SSSR count). The molecule has 0 aromatic carbocycles. The molecule has 4 heteroatoms. The number of ether oxygens (including phenoxy) is 4. The lowest BCUT2D eigenvalue weighted by atomic mass is 10.0. The van der Waals surface area contributed by atoms with E-state index in [-0.39, 0.29) is 0 Å². The SMILES string of the molecule is CCCCCCCCCCCCCCCCCCOCCOCCOCCOCCCCCCCCCCCCCCC. The molecular weight excluding hydrogens is 532 g/mol. The van der Waals surface area contributed by atoms with Crippen LogP contribution < -0.4 is 0 Å². The van der Waals surface area contributed by atoms with E-state index in [0.717, 1.165) is 13.2 Å². The molecule has 0 heterocycles. The second kappa shape index (κ2) is 41.8. The molecule has 0 spiro atoms. The zero-order valence-electron chi connectivity index (χ0n) is 29.8. The van der Waals surface area contributed by atoms with Crippen molar-refractivity contribution in [3.05, 3.63) is 0 Å². The molecule has 0 N–H and O–H groups in total. The van der Waals surface area contributed by atoms with Crippen molar-refractivity contribution in [1.29, 1.82) is 0 Å². The first kappa shape index (κ1) is 42.8. The Morgan fingerprint density at radius 1 is 0.186 bits per heavy atom. The van der Waals surface area contributed by atoms with Crippen molar-refractivity contribution in [2.45, 2.75) is 200 Å². The summed E-state index contributed by atoms with van der Waals surface area (Å²) in [6.07, 6.45) is 40.6. The topological polar surface area (TPSA) is 36.9 Å². The van der Waals surface area contributed by atoms with Crippen LogP contribution in [0.15, 0.2) is 0 Å². The molecule has 4 nitrogen and oxygen atoms in total. The van der Waals surface area contributed by atoms with Crippen molar-refractivity contribution in [3.63, 3.8) is 0 Å². The van der Waals surface area contributed by atoms with E-state index in [4.69, 9.17) is 18.9 Å². The van der Waals surface area contributed by atoms with Gasteiger partial charge in [0.1, 0.15) is 0 Å². The molecule has 0 saturated heterocycles. The van der Waals surface area contributed by atoms with Gasteiger partial charge < -0.3 is 18.9 Å². The molecule has 0 amide bonds. The molecule has 0 radical (unpaired) electrons. The maximum absolute atomic E-state index is 5.71. The first-order valence-electron chi connectivity index (χ1n) is 19.7. The van der Waals surface area contributed by atoms with Gasteiger partial charge in [-0.25, -0.2) is 0 Å². The van der Waals surface area contributed by atoms with E-state index >= 15 is 0 Å².